The van der Waals surface area contributed by atoms with Crippen molar-refractivity contribution in [3.05, 3.63) is 46.2 Å². The first-order valence-corrected chi connectivity index (χ1v) is 5.61. The summed E-state index contributed by atoms with van der Waals surface area (Å²) in [5, 5.41) is 12.2. The maximum Gasteiger partial charge on any atom is 0.331 e. The summed E-state index contributed by atoms with van der Waals surface area (Å²) >= 11 is 1.48. The first kappa shape index (κ1) is 9.23. The van der Waals surface area contributed by atoms with E-state index in [-0.39, 0.29) is 11.4 Å². The number of thiophene rings is 1. The van der Waals surface area contributed by atoms with Gasteiger partial charge in [-0.25, -0.2) is 4.79 Å². The van der Waals surface area contributed by atoms with Crippen LogP contribution in [0.2, 0.25) is 0 Å². The Hall–Kier alpha value is -2.01. The van der Waals surface area contributed by atoms with Crippen LogP contribution in [0.4, 0.5) is 0 Å². The first-order chi connectivity index (χ1) is 7.75. The molecule has 2 heterocycles. The van der Waals surface area contributed by atoms with Gasteiger partial charge in [0.05, 0.1) is 11.0 Å². The van der Waals surface area contributed by atoms with Gasteiger partial charge in [0.1, 0.15) is 10.8 Å². The topological polar surface area (TPSA) is 58.0 Å². The van der Waals surface area contributed by atoms with Crippen molar-refractivity contribution in [1.82, 2.24) is 9.55 Å². The Morgan fingerprint density at radius 2 is 2.19 bits per heavy atom. The molecule has 3 aromatic rings. The Balaban J connectivity index is 2.43. The number of benzene rings is 1. The third kappa shape index (κ3) is 1.25. The highest BCUT2D eigenvalue weighted by atomic mass is 32.1. The second-order valence-electron chi connectivity index (χ2n) is 3.42. The second-order valence-corrected chi connectivity index (χ2v) is 4.34. The molecular weight excluding hydrogens is 224 g/mol. The molecule has 0 saturated carbocycles. The molecule has 80 valence electrons. The molecule has 0 bridgehead atoms. The number of aromatic nitrogens is 2. The van der Waals surface area contributed by atoms with Crippen LogP contribution in [0.1, 0.15) is 0 Å². The number of aromatic amines is 1. The van der Waals surface area contributed by atoms with Gasteiger partial charge >= 0.3 is 5.69 Å². The van der Waals surface area contributed by atoms with E-state index in [2.05, 4.69) is 4.98 Å². The number of H-pyrrole nitrogens is 1. The minimum Gasteiger partial charge on any atom is -0.508 e. The molecule has 1 aromatic carbocycles. The monoisotopic (exact) mass is 232 g/mol. The van der Waals surface area contributed by atoms with E-state index in [9.17, 15) is 9.90 Å². The minimum atomic E-state index is -0.192. The van der Waals surface area contributed by atoms with Crippen molar-refractivity contribution in [2.45, 2.75) is 0 Å². The Labute approximate surface area is 94.4 Å². The lowest BCUT2D eigenvalue weighted by atomic mass is 10.3. The number of nitrogens with one attached hydrogen (secondary N) is 1. The van der Waals surface area contributed by atoms with Crippen LogP contribution in [-0.2, 0) is 0 Å². The summed E-state index contributed by atoms with van der Waals surface area (Å²) in [6.07, 6.45) is 0. The van der Waals surface area contributed by atoms with E-state index >= 15 is 0 Å². The van der Waals surface area contributed by atoms with Crippen LogP contribution in [0.15, 0.2) is 40.5 Å². The van der Waals surface area contributed by atoms with Crippen LogP contribution in [0.5, 0.6) is 5.75 Å². The van der Waals surface area contributed by atoms with Gasteiger partial charge in [-0.2, -0.15) is 0 Å². The Kier molecular flexibility index (Phi) is 1.87. The van der Waals surface area contributed by atoms with Crippen molar-refractivity contribution >= 4 is 22.4 Å². The van der Waals surface area contributed by atoms with E-state index in [1.54, 1.807) is 22.8 Å². The third-order valence-corrected chi connectivity index (χ3v) is 3.25. The molecule has 4 nitrogen and oxygen atoms in total. The average Bonchev–Trinajstić information content (AvgIpc) is 2.83. The standard InChI is InChI=1S/C11H8N2O2S/c14-7-3-4-8-9(6-7)13(11(15)12-8)10-2-1-5-16-10/h1-6,14H,(H,12,15). The third-order valence-electron chi connectivity index (χ3n) is 2.39. The Morgan fingerprint density at radius 1 is 1.31 bits per heavy atom. The number of aromatic hydroxyl groups is 1. The Morgan fingerprint density at radius 3 is 2.94 bits per heavy atom. The summed E-state index contributed by atoms with van der Waals surface area (Å²) in [6, 6.07) is 8.57. The lowest BCUT2D eigenvalue weighted by molar-refractivity contribution is 0.476. The van der Waals surface area contributed by atoms with Gasteiger partial charge in [0, 0.05) is 6.07 Å². The average molecular weight is 232 g/mol. The molecule has 16 heavy (non-hydrogen) atoms. The van der Waals surface area contributed by atoms with E-state index in [0.29, 0.717) is 5.52 Å². The highest BCUT2D eigenvalue weighted by Crippen LogP contribution is 2.22. The lowest BCUT2D eigenvalue weighted by Gasteiger charge is -1.98. The highest BCUT2D eigenvalue weighted by Gasteiger charge is 2.09. The lowest BCUT2D eigenvalue weighted by Crippen LogP contribution is -2.13. The molecule has 0 aliphatic rings. The summed E-state index contributed by atoms with van der Waals surface area (Å²) < 4.78 is 1.56. The summed E-state index contributed by atoms with van der Waals surface area (Å²) in [5.74, 6) is 0.150. The maximum absolute atomic E-state index is 11.8. The fraction of sp³-hybridized carbons (Fsp3) is 0. The van der Waals surface area contributed by atoms with Crippen LogP contribution in [0.3, 0.4) is 0 Å². The summed E-state index contributed by atoms with van der Waals surface area (Å²) in [5.41, 5.74) is 1.21. The van der Waals surface area contributed by atoms with Gasteiger partial charge in [-0.05, 0) is 29.6 Å². The largest absolute Gasteiger partial charge is 0.508 e. The SMILES string of the molecule is O=c1[nH]c2ccc(O)cc2n1-c1cccs1. The van der Waals surface area contributed by atoms with E-state index in [1.807, 2.05) is 17.5 Å². The molecule has 0 fully saturated rings. The van der Waals surface area contributed by atoms with Gasteiger partial charge in [-0.15, -0.1) is 11.3 Å². The molecule has 0 aliphatic carbocycles. The number of hydrogen-bond donors (Lipinski definition) is 2. The summed E-state index contributed by atoms with van der Waals surface area (Å²) in [7, 11) is 0. The zero-order valence-electron chi connectivity index (χ0n) is 8.18. The fourth-order valence-electron chi connectivity index (χ4n) is 1.71. The number of nitrogens with zero attached hydrogens (tertiary/aromatic N) is 1. The van der Waals surface area contributed by atoms with Crippen LogP contribution < -0.4 is 5.69 Å². The highest BCUT2D eigenvalue weighted by molar-refractivity contribution is 7.12. The smallest absolute Gasteiger partial charge is 0.331 e. The Bertz CT molecular complexity index is 694. The molecular formula is C11H8N2O2S. The number of phenols is 1. The van der Waals surface area contributed by atoms with Gasteiger partial charge in [0.25, 0.3) is 0 Å². The van der Waals surface area contributed by atoms with Gasteiger partial charge in [0.2, 0.25) is 0 Å². The number of hydrogen-bond acceptors (Lipinski definition) is 3. The van der Waals surface area contributed by atoms with E-state index < -0.39 is 0 Å². The number of rotatable bonds is 1. The molecule has 0 aliphatic heterocycles. The van der Waals surface area contributed by atoms with Crippen molar-refractivity contribution in [2.75, 3.05) is 0 Å². The second kappa shape index (κ2) is 3.24. The molecule has 0 spiro atoms. The predicted molar refractivity (Wildman–Crippen MR) is 63.4 cm³/mol. The van der Waals surface area contributed by atoms with E-state index in [4.69, 9.17) is 0 Å². The number of fused-ring (bicyclic) bond motifs is 1. The molecule has 0 unspecified atom stereocenters. The van der Waals surface area contributed by atoms with Crippen molar-refractivity contribution in [3.63, 3.8) is 0 Å². The van der Waals surface area contributed by atoms with Crippen molar-refractivity contribution in [3.8, 4) is 10.8 Å². The summed E-state index contributed by atoms with van der Waals surface area (Å²) in [4.78, 5) is 14.5. The molecule has 2 N–H and O–H groups in total. The number of imidazole rings is 1. The van der Waals surface area contributed by atoms with E-state index in [0.717, 1.165) is 10.5 Å². The van der Waals surface area contributed by atoms with Gasteiger partial charge < -0.3 is 10.1 Å². The molecule has 0 radical (unpaired) electrons. The van der Waals surface area contributed by atoms with Crippen LogP contribution in [0.25, 0.3) is 16.0 Å². The predicted octanol–water partition coefficient (Wildman–Crippen LogP) is 2.09. The van der Waals surface area contributed by atoms with Gasteiger partial charge in [0.15, 0.2) is 0 Å². The maximum atomic E-state index is 11.8. The van der Waals surface area contributed by atoms with Gasteiger partial charge in [-0.3, -0.25) is 4.57 Å². The van der Waals surface area contributed by atoms with Crippen LogP contribution >= 0.6 is 11.3 Å². The minimum absolute atomic E-state index is 0.150. The van der Waals surface area contributed by atoms with Gasteiger partial charge in [-0.1, -0.05) is 0 Å². The molecule has 0 atom stereocenters. The first-order valence-electron chi connectivity index (χ1n) is 4.73. The van der Waals surface area contributed by atoms with Crippen molar-refractivity contribution < 1.29 is 5.11 Å². The molecule has 3 rings (SSSR count). The van der Waals surface area contributed by atoms with Crippen molar-refractivity contribution in [1.29, 1.82) is 0 Å². The normalized spacial score (nSPS) is 11.0. The molecule has 2 aromatic heterocycles. The zero-order chi connectivity index (χ0) is 11.1. The molecule has 0 amide bonds. The number of phenolic OH excluding ortho intramolecular Hbond substituents is 1. The van der Waals surface area contributed by atoms with E-state index in [1.165, 1.54) is 11.3 Å². The van der Waals surface area contributed by atoms with Crippen molar-refractivity contribution in [2.24, 2.45) is 0 Å². The zero-order valence-corrected chi connectivity index (χ0v) is 8.99. The molecule has 0 saturated heterocycles. The summed E-state index contributed by atoms with van der Waals surface area (Å²) in [6.45, 7) is 0. The van der Waals surface area contributed by atoms with Crippen LogP contribution in [0, 0.1) is 0 Å². The molecule has 5 heteroatoms. The fourth-order valence-corrected chi connectivity index (χ4v) is 2.45. The quantitative estimate of drug-likeness (QED) is 0.675. The van der Waals surface area contributed by atoms with Crippen LogP contribution in [-0.4, -0.2) is 14.7 Å².